The van der Waals surface area contributed by atoms with Crippen molar-refractivity contribution in [2.45, 2.75) is 38.6 Å². The number of aliphatic hydroxyl groups is 1. The number of hydrogen-bond acceptors (Lipinski definition) is 2. The van der Waals surface area contributed by atoms with Gasteiger partial charge >= 0.3 is 0 Å². The highest BCUT2D eigenvalue weighted by atomic mass is 79.9. The first kappa shape index (κ1) is 14.0. The Kier molecular flexibility index (Phi) is 5.22. The zero-order chi connectivity index (χ0) is 12.8. The second kappa shape index (κ2) is 6.69. The monoisotopic (exact) mass is 311 g/mol. The highest BCUT2D eigenvalue weighted by Crippen LogP contribution is 2.35. The van der Waals surface area contributed by atoms with Crippen molar-refractivity contribution < 1.29 is 5.11 Å². The molecule has 2 rings (SSSR count). The van der Waals surface area contributed by atoms with Crippen LogP contribution in [0.4, 0.5) is 0 Å². The normalized spacial score (nSPS) is 18.8. The largest absolute Gasteiger partial charge is 0.396 e. The van der Waals surface area contributed by atoms with E-state index in [1.807, 2.05) is 0 Å². The summed E-state index contributed by atoms with van der Waals surface area (Å²) in [5, 5.41) is 13.1. The van der Waals surface area contributed by atoms with Crippen molar-refractivity contribution in [1.29, 1.82) is 0 Å². The van der Waals surface area contributed by atoms with Crippen LogP contribution in [0.5, 0.6) is 0 Å². The van der Waals surface area contributed by atoms with Crippen LogP contribution in [-0.4, -0.2) is 18.3 Å². The topological polar surface area (TPSA) is 32.3 Å². The van der Waals surface area contributed by atoms with E-state index in [-0.39, 0.29) is 5.41 Å². The molecule has 0 heterocycles. The highest BCUT2D eigenvalue weighted by molar-refractivity contribution is 9.10. The maximum Gasteiger partial charge on any atom is 0.0499 e. The van der Waals surface area contributed by atoms with Crippen molar-refractivity contribution in [3.05, 3.63) is 34.3 Å². The van der Waals surface area contributed by atoms with Gasteiger partial charge in [0.2, 0.25) is 0 Å². The summed E-state index contributed by atoms with van der Waals surface area (Å²) >= 11 is 3.44. The Balaban J connectivity index is 1.81. The SMILES string of the molecule is OCC1(CNCc2ccc(Br)cc2)CCCCC1. The molecule has 1 aliphatic rings. The molecule has 1 saturated carbocycles. The molecule has 1 fully saturated rings. The lowest BCUT2D eigenvalue weighted by atomic mass is 9.74. The van der Waals surface area contributed by atoms with E-state index < -0.39 is 0 Å². The lowest BCUT2D eigenvalue weighted by molar-refractivity contribution is 0.0810. The Labute approximate surface area is 118 Å². The van der Waals surface area contributed by atoms with Crippen LogP contribution in [0.15, 0.2) is 28.7 Å². The zero-order valence-electron chi connectivity index (χ0n) is 10.8. The number of benzene rings is 1. The molecule has 0 spiro atoms. The summed E-state index contributed by atoms with van der Waals surface area (Å²) in [5.74, 6) is 0. The van der Waals surface area contributed by atoms with Gasteiger partial charge in [0, 0.05) is 29.6 Å². The summed E-state index contributed by atoms with van der Waals surface area (Å²) in [5.41, 5.74) is 1.43. The number of hydrogen-bond donors (Lipinski definition) is 2. The number of aliphatic hydroxyl groups excluding tert-OH is 1. The Morgan fingerprint density at radius 2 is 1.78 bits per heavy atom. The van der Waals surface area contributed by atoms with Crippen LogP contribution in [0.3, 0.4) is 0 Å². The Morgan fingerprint density at radius 3 is 2.39 bits per heavy atom. The molecule has 0 bridgehead atoms. The summed E-state index contributed by atoms with van der Waals surface area (Å²) < 4.78 is 1.12. The first-order valence-electron chi connectivity index (χ1n) is 6.80. The summed E-state index contributed by atoms with van der Waals surface area (Å²) in [6.45, 7) is 2.13. The van der Waals surface area contributed by atoms with Gasteiger partial charge in [0.25, 0.3) is 0 Å². The minimum atomic E-state index is 0.133. The molecule has 3 heteroatoms. The molecule has 0 unspecified atom stereocenters. The Hall–Kier alpha value is -0.380. The van der Waals surface area contributed by atoms with Crippen LogP contribution >= 0.6 is 15.9 Å². The molecule has 100 valence electrons. The van der Waals surface area contributed by atoms with Gasteiger partial charge in [0.1, 0.15) is 0 Å². The minimum absolute atomic E-state index is 0.133. The first-order chi connectivity index (χ1) is 8.74. The Bertz CT molecular complexity index is 357. The van der Waals surface area contributed by atoms with E-state index in [0.717, 1.165) is 30.4 Å². The summed E-state index contributed by atoms with van der Waals surface area (Å²) in [6, 6.07) is 8.39. The molecule has 2 N–H and O–H groups in total. The molecule has 2 nitrogen and oxygen atoms in total. The fourth-order valence-electron chi connectivity index (χ4n) is 2.77. The van der Waals surface area contributed by atoms with Gasteiger partial charge in [-0.15, -0.1) is 0 Å². The number of halogens is 1. The van der Waals surface area contributed by atoms with Gasteiger partial charge in [-0.25, -0.2) is 0 Å². The zero-order valence-corrected chi connectivity index (χ0v) is 12.4. The molecule has 0 amide bonds. The average molecular weight is 312 g/mol. The fourth-order valence-corrected chi connectivity index (χ4v) is 3.03. The van der Waals surface area contributed by atoms with Gasteiger partial charge in [-0.2, -0.15) is 0 Å². The third-order valence-electron chi connectivity index (χ3n) is 3.99. The smallest absolute Gasteiger partial charge is 0.0499 e. The van der Waals surface area contributed by atoms with Gasteiger partial charge in [0.05, 0.1) is 0 Å². The fraction of sp³-hybridized carbons (Fsp3) is 0.600. The second-order valence-electron chi connectivity index (χ2n) is 5.45. The standard InChI is InChI=1S/C15H22BrNO/c16-14-6-4-13(5-7-14)10-17-11-15(12-18)8-2-1-3-9-15/h4-7,17-18H,1-3,8-12H2. The minimum Gasteiger partial charge on any atom is -0.396 e. The third-order valence-corrected chi connectivity index (χ3v) is 4.52. The van der Waals surface area contributed by atoms with Gasteiger partial charge in [-0.05, 0) is 30.5 Å². The molecule has 0 aromatic heterocycles. The third kappa shape index (κ3) is 3.81. The van der Waals surface area contributed by atoms with Gasteiger partial charge in [0.15, 0.2) is 0 Å². The molecule has 1 aromatic carbocycles. The molecular formula is C15H22BrNO. The van der Waals surface area contributed by atoms with E-state index in [2.05, 4.69) is 45.5 Å². The molecular weight excluding hydrogens is 290 g/mol. The predicted octanol–water partition coefficient (Wildman–Crippen LogP) is 3.48. The summed E-state index contributed by atoms with van der Waals surface area (Å²) in [4.78, 5) is 0. The van der Waals surface area contributed by atoms with E-state index in [0.29, 0.717) is 6.61 Å². The second-order valence-corrected chi connectivity index (χ2v) is 6.36. The van der Waals surface area contributed by atoms with Crippen molar-refractivity contribution in [3.8, 4) is 0 Å². The van der Waals surface area contributed by atoms with E-state index in [1.165, 1.54) is 24.8 Å². The molecule has 1 aliphatic carbocycles. The predicted molar refractivity (Wildman–Crippen MR) is 78.5 cm³/mol. The lowest BCUT2D eigenvalue weighted by Crippen LogP contribution is -2.38. The van der Waals surface area contributed by atoms with Gasteiger partial charge < -0.3 is 10.4 Å². The summed E-state index contributed by atoms with van der Waals surface area (Å²) in [6.07, 6.45) is 6.18. The quantitative estimate of drug-likeness (QED) is 0.872. The van der Waals surface area contributed by atoms with Crippen LogP contribution < -0.4 is 5.32 Å². The van der Waals surface area contributed by atoms with Crippen LogP contribution in [0, 0.1) is 5.41 Å². The molecule has 0 aliphatic heterocycles. The van der Waals surface area contributed by atoms with Gasteiger partial charge in [-0.3, -0.25) is 0 Å². The highest BCUT2D eigenvalue weighted by Gasteiger charge is 2.30. The maximum absolute atomic E-state index is 9.63. The molecule has 18 heavy (non-hydrogen) atoms. The van der Waals surface area contributed by atoms with Crippen molar-refractivity contribution in [3.63, 3.8) is 0 Å². The van der Waals surface area contributed by atoms with Gasteiger partial charge in [-0.1, -0.05) is 47.3 Å². The van der Waals surface area contributed by atoms with E-state index >= 15 is 0 Å². The van der Waals surface area contributed by atoms with Crippen LogP contribution in [0.2, 0.25) is 0 Å². The molecule has 0 radical (unpaired) electrons. The maximum atomic E-state index is 9.63. The van der Waals surface area contributed by atoms with E-state index in [9.17, 15) is 5.11 Å². The van der Waals surface area contributed by atoms with Crippen molar-refractivity contribution in [1.82, 2.24) is 5.32 Å². The number of rotatable bonds is 5. The molecule has 1 aromatic rings. The molecule has 0 saturated heterocycles. The van der Waals surface area contributed by atoms with Crippen molar-refractivity contribution in [2.24, 2.45) is 5.41 Å². The van der Waals surface area contributed by atoms with Crippen molar-refractivity contribution in [2.75, 3.05) is 13.2 Å². The molecule has 0 atom stereocenters. The van der Waals surface area contributed by atoms with Crippen LogP contribution in [0.1, 0.15) is 37.7 Å². The van der Waals surface area contributed by atoms with E-state index in [1.54, 1.807) is 0 Å². The average Bonchev–Trinajstić information content (AvgIpc) is 2.42. The number of nitrogens with one attached hydrogen (secondary N) is 1. The van der Waals surface area contributed by atoms with Crippen molar-refractivity contribution >= 4 is 15.9 Å². The lowest BCUT2D eigenvalue weighted by Gasteiger charge is -2.35. The summed E-state index contributed by atoms with van der Waals surface area (Å²) in [7, 11) is 0. The van der Waals surface area contributed by atoms with E-state index in [4.69, 9.17) is 0 Å². The first-order valence-corrected chi connectivity index (χ1v) is 7.59. The Morgan fingerprint density at radius 1 is 1.11 bits per heavy atom. The van der Waals surface area contributed by atoms with Crippen LogP contribution in [-0.2, 0) is 6.54 Å². The van der Waals surface area contributed by atoms with Crippen LogP contribution in [0.25, 0.3) is 0 Å².